The summed E-state index contributed by atoms with van der Waals surface area (Å²) < 4.78 is 12.3. The summed E-state index contributed by atoms with van der Waals surface area (Å²) in [5.74, 6) is 0.677. The van der Waals surface area contributed by atoms with Crippen LogP contribution in [0.2, 0.25) is 0 Å². The van der Waals surface area contributed by atoms with Crippen molar-refractivity contribution in [1.82, 2.24) is 9.80 Å². The average Bonchev–Trinajstić information content (AvgIpc) is 3.25. The maximum absolute atomic E-state index is 6.37. The third kappa shape index (κ3) is 4.02. The molecule has 24 heavy (non-hydrogen) atoms. The highest BCUT2D eigenvalue weighted by atomic mass is 32.1. The van der Waals surface area contributed by atoms with E-state index in [1.807, 2.05) is 11.3 Å². The van der Waals surface area contributed by atoms with E-state index in [1.54, 1.807) is 0 Å². The van der Waals surface area contributed by atoms with E-state index in [9.17, 15) is 0 Å². The lowest BCUT2D eigenvalue weighted by molar-refractivity contribution is -0.0562. The fraction of sp³-hybridized carbons (Fsp3) is 0.789. The summed E-state index contributed by atoms with van der Waals surface area (Å²) in [5, 5.41) is 0. The third-order valence-electron chi connectivity index (χ3n) is 5.61. The van der Waals surface area contributed by atoms with E-state index >= 15 is 0 Å². The number of aryl methyl sites for hydroxylation is 1. The van der Waals surface area contributed by atoms with Crippen LogP contribution in [0.5, 0.6) is 0 Å². The lowest BCUT2D eigenvalue weighted by atomic mass is 9.94. The monoisotopic (exact) mass is 350 g/mol. The summed E-state index contributed by atoms with van der Waals surface area (Å²) in [6, 6.07) is 4.49. The lowest BCUT2D eigenvalue weighted by Gasteiger charge is -2.31. The molecule has 1 aromatic rings. The van der Waals surface area contributed by atoms with Gasteiger partial charge < -0.3 is 14.4 Å². The number of likely N-dealkylation sites (tertiary alicyclic amines) is 1. The maximum Gasteiger partial charge on any atom is 0.104 e. The van der Waals surface area contributed by atoms with E-state index in [-0.39, 0.29) is 5.60 Å². The van der Waals surface area contributed by atoms with Crippen LogP contribution in [0.15, 0.2) is 12.1 Å². The molecule has 3 saturated heterocycles. The van der Waals surface area contributed by atoms with Crippen LogP contribution in [-0.4, -0.2) is 67.9 Å². The highest BCUT2D eigenvalue weighted by molar-refractivity contribution is 7.11. The van der Waals surface area contributed by atoms with Gasteiger partial charge in [0, 0.05) is 35.9 Å². The molecule has 4 rings (SSSR count). The van der Waals surface area contributed by atoms with Crippen LogP contribution in [0.4, 0.5) is 0 Å². The second-order valence-electron chi connectivity index (χ2n) is 7.85. The minimum atomic E-state index is -0.0762. The smallest absolute Gasteiger partial charge is 0.104 e. The van der Waals surface area contributed by atoms with E-state index in [2.05, 4.69) is 28.9 Å². The van der Waals surface area contributed by atoms with Crippen molar-refractivity contribution in [3.05, 3.63) is 21.9 Å². The SMILES string of the molecule is Cc1ccc(CN2CCOCC3(CC(CN4CCCC4)CO3)C2)s1. The highest BCUT2D eigenvalue weighted by Crippen LogP contribution is 2.34. The summed E-state index contributed by atoms with van der Waals surface area (Å²) in [6.07, 6.45) is 3.90. The maximum atomic E-state index is 6.37. The van der Waals surface area contributed by atoms with Crippen molar-refractivity contribution < 1.29 is 9.47 Å². The molecule has 0 aromatic carbocycles. The summed E-state index contributed by atoms with van der Waals surface area (Å²) in [6.45, 7) is 11.5. The predicted molar refractivity (Wildman–Crippen MR) is 97.6 cm³/mol. The zero-order chi connectivity index (χ0) is 16.4. The van der Waals surface area contributed by atoms with Gasteiger partial charge in [-0.1, -0.05) is 0 Å². The topological polar surface area (TPSA) is 24.9 Å². The van der Waals surface area contributed by atoms with E-state index in [1.165, 1.54) is 42.2 Å². The minimum absolute atomic E-state index is 0.0762. The Kier molecular flexibility index (Phi) is 5.25. The number of thiophene rings is 1. The van der Waals surface area contributed by atoms with Crippen LogP contribution in [0, 0.1) is 12.8 Å². The lowest BCUT2D eigenvalue weighted by Crippen LogP contribution is -2.44. The molecular formula is C19H30N2O2S. The van der Waals surface area contributed by atoms with Gasteiger partial charge in [0.05, 0.1) is 19.8 Å². The van der Waals surface area contributed by atoms with Gasteiger partial charge in [-0.05, 0) is 57.3 Å². The van der Waals surface area contributed by atoms with E-state index in [0.717, 1.165) is 45.9 Å². The van der Waals surface area contributed by atoms with Crippen LogP contribution in [-0.2, 0) is 16.0 Å². The Morgan fingerprint density at radius 3 is 2.88 bits per heavy atom. The molecule has 3 aliphatic rings. The molecule has 0 aliphatic carbocycles. The molecule has 3 aliphatic heterocycles. The van der Waals surface area contributed by atoms with Crippen molar-refractivity contribution in [2.24, 2.45) is 5.92 Å². The molecule has 134 valence electrons. The number of nitrogens with zero attached hydrogens (tertiary/aromatic N) is 2. The summed E-state index contributed by atoms with van der Waals surface area (Å²) in [7, 11) is 0. The van der Waals surface area contributed by atoms with Crippen LogP contribution < -0.4 is 0 Å². The Balaban J connectivity index is 1.36. The second-order valence-corrected chi connectivity index (χ2v) is 9.22. The number of ether oxygens (including phenoxy) is 2. The van der Waals surface area contributed by atoms with Crippen LogP contribution in [0.1, 0.15) is 29.0 Å². The zero-order valence-corrected chi connectivity index (χ0v) is 15.7. The summed E-state index contributed by atoms with van der Waals surface area (Å²) in [4.78, 5) is 8.01. The Hall–Kier alpha value is -0.460. The fourth-order valence-electron chi connectivity index (χ4n) is 4.51. The van der Waals surface area contributed by atoms with Gasteiger partial charge in [0.25, 0.3) is 0 Å². The normalized spacial score (nSPS) is 32.6. The number of rotatable bonds is 4. The van der Waals surface area contributed by atoms with Crippen LogP contribution in [0.3, 0.4) is 0 Å². The molecule has 2 unspecified atom stereocenters. The largest absolute Gasteiger partial charge is 0.377 e. The van der Waals surface area contributed by atoms with Crippen molar-refractivity contribution in [2.75, 3.05) is 52.5 Å². The van der Waals surface area contributed by atoms with Crippen molar-refractivity contribution >= 4 is 11.3 Å². The Morgan fingerprint density at radius 2 is 2.08 bits per heavy atom. The van der Waals surface area contributed by atoms with E-state index in [4.69, 9.17) is 9.47 Å². The quantitative estimate of drug-likeness (QED) is 0.834. The van der Waals surface area contributed by atoms with Gasteiger partial charge in [0.2, 0.25) is 0 Å². The molecule has 0 radical (unpaired) electrons. The van der Waals surface area contributed by atoms with Gasteiger partial charge >= 0.3 is 0 Å². The molecule has 0 amide bonds. The molecule has 4 heterocycles. The Morgan fingerprint density at radius 1 is 1.21 bits per heavy atom. The Labute approximate surface area is 149 Å². The second kappa shape index (κ2) is 7.42. The van der Waals surface area contributed by atoms with Crippen LogP contribution in [0.25, 0.3) is 0 Å². The van der Waals surface area contributed by atoms with Gasteiger partial charge in [0.1, 0.15) is 5.60 Å². The van der Waals surface area contributed by atoms with E-state index in [0.29, 0.717) is 5.92 Å². The molecule has 0 bridgehead atoms. The predicted octanol–water partition coefficient (Wildman–Crippen LogP) is 2.76. The summed E-state index contributed by atoms with van der Waals surface area (Å²) in [5.41, 5.74) is -0.0762. The van der Waals surface area contributed by atoms with Crippen LogP contribution >= 0.6 is 11.3 Å². The molecule has 1 spiro atoms. The molecule has 5 heteroatoms. The minimum Gasteiger partial charge on any atom is -0.377 e. The van der Waals surface area contributed by atoms with Gasteiger partial charge in [-0.2, -0.15) is 0 Å². The first-order valence-corrected chi connectivity index (χ1v) is 10.2. The van der Waals surface area contributed by atoms with Gasteiger partial charge in [-0.15, -0.1) is 11.3 Å². The zero-order valence-electron chi connectivity index (χ0n) is 14.8. The van der Waals surface area contributed by atoms with Crippen molar-refractivity contribution in [1.29, 1.82) is 0 Å². The summed E-state index contributed by atoms with van der Waals surface area (Å²) >= 11 is 1.91. The third-order valence-corrected chi connectivity index (χ3v) is 6.59. The first-order chi connectivity index (χ1) is 11.7. The number of hydrogen-bond donors (Lipinski definition) is 0. The average molecular weight is 351 g/mol. The van der Waals surface area contributed by atoms with Gasteiger partial charge in [-0.25, -0.2) is 0 Å². The van der Waals surface area contributed by atoms with Crippen molar-refractivity contribution in [3.63, 3.8) is 0 Å². The standard InChI is InChI=1S/C19H30N2O2S/c1-16-4-5-18(24-16)12-21-8-9-22-15-19(14-21)10-17(13-23-19)11-20-6-2-3-7-20/h4-5,17H,2-3,6-15H2,1H3. The van der Waals surface area contributed by atoms with Crippen molar-refractivity contribution in [2.45, 2.75) is 38.3 Å². The van der Waals surface area contributed by atoms with E-state index < -0.39 is 0 Å². The molecule has 1 aromatic heterocycles. The molecular weight excluding hydrogens is 320 g/mol. The molecule has 0 saturated carbocycles. The molecule has 3 fully saturated rings. The van der Waals surface area contributed by atoms with Gasteiger partial charge in [-0.3, -0.25) is 4.90 Å². The van der Waals surface area contributed by atoms with Crippen molar-refractivity contribution in [3.8, 4) is 0 Å². The fourth-order valence-corrected chi connectivity index (χ4v) is 5.44. The first kappa shape index (κ1) is 17.0. The Bertz CT molecular complexity index is 543. The molecule has 2 atom stereocenters. The molecule has 4 nitrogen and oxygen atoms in total. The molecule has 0 N–H and O–H groups in total. The number of hydrogen-bond acceptors (Lipinski definition) is 5. The highest BCUT2D eigenvalue weighted by Gasteiger charge is 2.43. The first-order valence-electron chi connectivity index (χ1n) is 9.43. The van der Waals surface area contributed by atoms with Gasteiger partial charge in [0.15, 0.2) is 0 Å².